The van der Waals surface area contributed by atoms with Crippen molar-refractivity contribution in [2.75, 3.05) is 5.43 Å². The van der Waals surface area contributed by atoms with E-state index >= 15 is 0 Å². The summed E-state index contributed by atoms with van der Waals surface area (Å²) < 4.78 is 12.7. The van der Waals surface area contributed by atoms with Gasteiger partial charge >= 0.3 is 0 Å². The molecule has 1 aromatic rings. The Bertz CT molecular complexity index is 321. The largest absolute Gasteiger partial charge is 0.308 e. The molecule has 0 saturated carbocycles. The minimum absolute atomic E-state index is 0.0214. The molecule has 2 N–H and O–H groups in total. The first-order chi connectivity index (χ1) is 5.77. The summed E-state index contributed by atoms with van der Waals surface area (Å²) in [7, 11) is 0. The first-order valence-electron chi connectivity index (χ1n) is 3.09. The minimum Gasteiger partial charge on any atom is -0.308 e. The van der Waals surface area contributed by atoms with Crippen LogP contribution in [0.25, 0.3) is 0 Å². The third kappa shape index (κ3) is 1.84. The Hall–Kier alpha value is -1.31. The van der Waals surface area contributed by atoms with Crippen LogP contribution in [0.4, 0.5) is 10.1 Å². The number of anilines is 1. The lowest BCUT2D eigenvalue weighted by Crippen LogP contribution is -2.08. The average Bonchev–Trinajstić information content (AvgIpc) is 2.09. The summed E-state index contributed by atoms with van der Waals surface area (Å²) in [6, 6.07) is 5.71. The zero-order valence-electron chi connectivity index (χ0n) is 5.94. The van der Waals surface area contributed by atoms with Crippen LogP contribution in [-0.2, 0) is 0 Å². The van der Waals surface area contributed by atoms with E-state index in [1.54, 1.807) is 6.07 Å². The standard InChI is InChI=1S/C7H5ClFN3/c8-12-11-6-1-2-7(9)5(3-6)4-10/h1-3,11-12H. The number of hydrogen-bond donors (Lipinski definition) is 2. The van der Waals surface area contributed by atoms with Gasteiger partial charge in [-0.15, -0.1) is 4.94 Å². The highest BCUT2D eigenvalue weighted by atomic mass is 35.5. The number of rotatable bonds is 2. The Balaban J connectivity index is 2.99. The Morgan fingerprint density at radius 3 is 2.83 bits per heavy atom. The van der Waals surface area contributed by atoms with E-state index in [2.05, 4.69) is 10.4 Å². The van der Waals surface area contributed by atoms with Gasteiger partial charge in [-0.3, -0.25) is 0 Å². The van der Waals surface area contributed by atoms with E-state index in [9.17, 15) is 4.39 Å². The Morgan fingerprint density at radius 1 is 1.50 bits per heavy atom. The summed E-state index contributed by atoms with van der Waals surface area (Å²) in [5.74, 6) is -0.544. The van der Waals surface area contributed by atoms with Crippen LogP contribution in [0, 0.1) is 17.1 Å². The number of benzene rings is 1. The second kappa shape index (κ2) is 3.90. The molecule has 0 unspecified atom stereocenters. The molecule has 5 heteroatoms. The highest BCUT2D eigenvalue weighted by Crippen LogP contribution is 2.12. The summed E-state index contributed by atoms with van der Waals surface area (Å²) in [4.78, 5) is 2.15. The van der Waals surface area contributed by atoms with E-state index in [0.29, 0.717) is 5.69 Å². The predicted molar refractivity (Wildman–Crippen MR) is 43.7 cm³/mol. The number of nitriles is 1. The predicted octanol–water partition coefficient (Wildman–Crippen LogP) is 1.77. The molecular weight excluding hydrogens is 181 g/mol. The van der Waals surface area contributed by atoms with Crippen molar-refractivity contribution in [2.24, 2.45) is 0 Å². The molecular formula is C7H5ClFN3. The van der Waals surface area contributed by atoms with E-state index in [-0.39, 0.29) is 5.56 Å². The second-order valence-electron chi connectivity index (χ2n) is 2.03. The van der Waals surface area contributed by atoms with Crippen molar-refractivity contribution in [3.8, 4) is 6.07 Å². The number of hydrazine groups is 1. The SMILES string of the molecule is N#Cc1cc(NNCl)ccc1F. The molecule has 0 aromatic heterocycles. The number of hydrogen-bond acceptors (Lipinski definition) is 3. The molecule has 0 saturated heterocycles. The average molecular weight is 186 g/mol. The van der Waals surface area contributed by atoms with Gasteiger partial charge in [-0.1, -0.05) is 0 Å². The fourth-order valence-corrected chi connectivity index (χ4v) is 0.852. The lowest BCUT2D eigenvalue weighted by atomic mass is 10.2. The monoisotopic (exact) mass is 185 g/mol. The lowest BCUT2D eigenvalue weighted by molar-refractivity contribution is 0.624. The van der Waals surface area contributed by atoms with E-state index in [1.165, 1.54) is 18.2 Å². The second-order valence-corrected chi connectivity index (χ2v) is 2.21. The van der Waals surface area contributed by atoms with Gasteiger partial charge in [0.25, 0.3) is 0 Å². The van der Waals surface area contributed by atoms with Crippen molar-refractivity contribution in [2.45, 2.75) is 0 Å². The molecule has 0 fully saturated rings. The number of halogens is 2. The van der Waals surface area contributed by atoms with Crippen LogP contribution in [0.15, 0.2) is 18.2 Å². The van der Waals surface area contributed by atoms with E-state index in [4.69, 9.17) is 17.0 Å². The summed E-state index contributed by atoms with van der Waals surface area (Å²) >= 11 is 5.13. The van der Waals surface area contributed by atoms with Crippen molar-refractivity contribution < 1.29 is 4.39 Å². The maximum atomic E-state index is 12.7. The molecule has 0 bridgehead atoms. The molecule has 1 rings (SSSR count). The molecule has 12 heavy (non-hydrogen) atoms. The van der Waals surface area contributed by atoms with Crippen molar-refractivity contribution in [1.82, 2.24) is 4.94 Å². The number of nitrogens with one attached hydrogen (secondary N) is 2. The fourth-order valence-electron chi connectivity index (χ4n) is 0.743. The molecule has 0 radical (unpaired) electrons. The Morgan fingerprint density at radius 2 is 2.25 bits per heavy atom. The minimum atomic E-state index is -0.544. The first kappa shape index (κ1) is 8.78. The number of nitrogens with zero attached hydrogens (tertiary/aromatic N) is 1. The smallest absolute Gasteiger partial charge is 0.141 e. The highest BCUT2D eigenvalue weighted by molar-refractivity contribution is 6.13. The summed E-state index contributed by atoms with van der Waals surface area (Å²) in [5.41, 5.74) is 3.02. The molecule has 62 valence electrons. The van der Waals surface area contributed by atoms with Gasteiger partial charge in [-0.2, -0.15) is 5.26 Å². The molecule has 0 amide bonds. The zero-order valence-corrected chi connectivity index (χ0v) is 6.69. The maximum absolute atomic E-state index is 12.7. The molecule has 0 heterocycles. The molecule has 0 aliphatic carbocycles. The molecule has 1 aromatic carbocycles. The van der Waals surface area contributed by atoms with E-state index in [0.717, 1.165) is 0 Å². The van der Waals surface area contributed by atoms with Crippen molar-refractivity contribution in [1.29, 1.82) is 5.26 Å². The molecule has 0 spiro atoms. The van der Waals surface area contributed by atoms with Gasteiger partial charge in [0.2, 0.25) is 0 Å². The van der Waals surface area contributed by atoms with E-state index < -0.39 is 5.82 Å². The van der Waals surface area contributed by atoms with Crippen molar-refractivity contribution in [3.05, 3.63) is 29.6 Å². The first-order valence-corrected chi connectivity index (χ1v) is 3.47. The van der Waals surface area contributed by atoms with Gasteiger partial charge in [-0.25, -0.2) is 4.39 Å². The van der Waals surface area contributed by atoms with Crippen LogP contribution in [-0.4, -0.2) is 0 Å². The van der Waals surface area contributed by atoms with Gasteiger partial charge in [0, 0.05) is 0 Å². The molecule has 0 aliphatic heterocycles. The Labute approximate surface area is 73.8 Å². The highest BCUT2D eigenvalue weighted by Gasteiger charge is 2.00. The van der Waals surface area contributed by atoms with E-state index in [1.807, 2.05) is 0 Å². The molecule has 0 atom stereocenters. The molecule has 3 nitrogen and oxygen atoms in total. The van der Waals surface area contributed by atoms with Crippen LogP contribution in [0.1, 0.15) is 5.56 Å². The lowest BCUT2D eigenvalue weighted by Gasteiger charge is -2.01. The van der Waals surface area contributed by atoms with Crippen LogP contribution in [0.2, 0.25) is 0 Å². The van der Waals surface area contributed by atoms with Crippen LogP contribution in [0.5, 0.6) is 0 Å². The van der Waals surface area contributed by atoms with Crippen LogP contribution < -0.4 is 10.4 Å². The van der Waals surface area contributed by atoms with Gasteiger partial charge < -0.3 is 5.43 Å². The maximum Gasteiger partial charge on any atom is 0.141 e. The van der Waals surface area contributed by atoms with Crippen molar-refractivity contribution >= 4 is 17.5 Å². The third-order valence-corrected chi connectivity index (χ3v) is 1.37. The van der Waals surface area contributed by atoms with Gasteiger partial charge in [0.15, 0.2) is 0 Å². The zero-order chi connectivity index (χ0) is 8.97. The summed E-state index contributed by atoms with van der Waals surface area (Å²) in [5, 5.41) is 8.44. The summed E-state index contributed by atoms with van der Waals surface area (Å²) in [6.07, 6.45) is 0. The van der Waals surface area contributed by atoms with Gasteiger partial charge in [0.05, 0.1) is 11.3 Å². The van der Waals surface area contributed by atoms with Crippen LogP contribution in [0.3, 0.4) is 0 Å². The normalized spacial score (nSPS) is 9.08. The van der Waals surface area contributed by atoms with Gasteiger partial charge in [0.1, 0.15) is 11.9 Å². The Kier molecular flexibility index (Phi) is 2.86. The van der Waals surface area contributed by atoms with Crippen molar-refractivity contribution in [3.63, 3.8) is 0 Å². The van der Waals surface area contributed by atoms with Crippen LogP contribution >= 0.6 is 11.8 Å². The third-order valence-electron chi connectivity index (χ3n) is 1.28. The quantitative estimate of drug-likeness (QED) is 0.545. The summed E-state index contributed by atoms with van der Waals surface area (Å²) in [6.45, 7) is 0. The van der Waals surface area contributed by atoms with Gasteiger partial charge in [-0.05, 0) is 30.0 Å². The topological polar surface area (TPSA) is 47.9 Å². The fraction of sp³-hybridized carbons (Fsp3) is 0. The molecule has 0 aliphatic rings.